The molecule has 3 N–H and O–H groups in total. The van der Waals surface area contributed by atoms with E-state index in [9.17, 15) is 0 Å². The van der Waals surface area contributed by atoms with Crippen LogP contribution in [0.1, 0.15) is 0 Å². The fourth-order valence-corrected chi connectivity index (χ4v) is 2.23. The number of nitrogen functional groups attached to an aromatic ring is 1. The van der Waals surface area contributed by atoms with Crippen LogP contribution < -0.4 is 11.1 Å². The number of anilines is 2. The van der Waals surface area contributed by atoms with Crippen molar-refractivity contribution in [2.24, 2.45) is 0 Å². The number of nitrogens with two attached hydrogens (primary N) is 1. The molecule has 0 aliphatic heterocycles. The van der Waals surface area contributed by atoms with Gasteiger partial charge in [-0.25, -0.2) is 0 Å². The van der Waals surface area contributed by atoms with E-state index in [1.807, 2.05) is 31.3 Å². The maximum Gasteiger partial charge on any atom is 0.236 e. The summed E-state index contributed by atoms with van der Waals surface area (Å²) in [5, 5.41) is 15.9. The van der Waals surface area contributed by atoms with Gasteiger partial charge in [0.15, 0.2) is 5.82 Å². The Labute approximate surface area is 101 Å². The standard InChI is InChI=1S/C10H10N6S/c1-12-7-4-2-3-6(5-7)8-13-14-10-16(8)15-9(11)17-10/h2-5,12H,1H3,(H2,11,15). The lowest BCUT2D eigenvalue weighted by atomic mass is 10.2. The zero-order valence-electron chi connectivity index (χ0n) is 9.08. The molecule has 0 radical (unpaired) electrons. The number of hydrogen-bond donors (Lipinski definition) is 2. The zero-order chi connectivity index (χ0) is 11.8. The van der Waals surface area contributed by atoms with Gasteiger partial charge in [0, 0.05) is 18.3 Å². The van der Waals surface area contributed by atoms with Crippen LogP contribution in [0.2, 0.25) is 0 Å². The summed E-state index contributed by atoms with van der Waals surface area (Å²) in [6.45, 7) is 0. The second kappa shape index (κ2) is 3.70. The lowest BCUT2D eigenvalue weighted by Gasteiger charge is -2.01. The topological polar surface area (TPSA) is 81.1 Å². The van der Waals surface area contributed by atoms with E-state index in [0.717, 1.165) is 11.3 Å². The van der Waals surface area contributed by atoms with Crippen molar-refractivity contribution in [2.75, 3.05) is 18.1 Å². The molecule has 2 heterocycles. The van der Waals surface area contributed by atoms with Crippen LogP contribution in [-0.2, 0) is 0 Å². The Morgan fingerprint density at radius 3 is 3.06 bits per heavy atom. The molecule has 0 spiro atoms. The fraction of sp³-hybridized carbons (Fsp3) is 0.100. The predicted molar refractivity (Wildman–Crippen MR) is 68.1 cm³/mol. The molecule has 0 fully saturated rings. The molecule has 1 aromatic carbocycles. The molecule has 3 aromatic rings. The van der Waals surface area contributed by atoms with Crippen molar-refractivity contribution in [3.8, 4) is 11.4 Å². The van der Waals surface area contributed by atoms with Crippen molar-refractivity contribution in [1.82, 2.24) is 19.8 Å². The third-order valence-electron chi connectivity index (χ3n) is 2.42. The first-order valence-corrected chi connectivity index (χ1v) is 5.85. The van der Waals surface area contributed by atoms with Gasteiger partial charge in [0.1, 0.15) is 0 Å². The minimum atomic E-state index is 0.487. The summed E-state index contributed by atoms with van der Waals surface area (Å²) in [7, 11) is 1.87. The normalized spacial score (nSPS) is 10.9. The molecule has 0 saturated heterocycles. The Morgan fingerprint density at radius 1 is 1.35 bits per heavy atom. The Balaban J connectivity index is 2.19. The number of fused-ring (bicyclic) bond motifs is 1. The van der Waals surface area contributed by atoms with Crippen molar-refractivity contribution in [3.05, 3.63) is 24.3 Å². The summed E-state index contributed by atoms with van der Waals surface area (Å²) in [6, 6.07) is 7.90. The molecular weight excluding hydrogens is 236 g/mol. The van der Waals surface area contributed by atoms with E-state index in [0.29, 0.717) is 15.9 Å². The van der Waals surface area contributed by atoms with Gasteiger partial charge in [0.2, 0.25) is 10.1 Å². The molecule has 3 rings (SSSR count). The number of rotatable bonds is 2. The smallest absolute Gasteiger partial charge is 0.236 e. The third kappa shape index (κ3) is 1.60. The molecular formula is C10H10N6S. The van der Waals surface area contributed by atoms with E-state index in [4.69, 9.17) is 5.73 Å². The Morgan fingerprint density at radius 2 is 2.24 bits per heavy atom. The molecule has 0 aliphatic carbocycles. The molecule has 0 saturated carbocycles. The molecule has 0 aliphatic rings. The van der Waals surface area contributed by atoms with Gasteiger partial charge >= 0.3 is 0 Å². The molecule has 0 atom stereocenters. The highest BCUT2D eigenvalue weighted by Crippen LogP contribution is 2.24. The van der Waals surface area contributed by atoms with Crippen LogP contribution in [0, 0.1) is 0 Å². The second-order valence-corrected chi connectivity index (χ2v) is 4.48. The van der Waals surface area contributed by atoms with Crippen LogP contribution >= 0.6 is 11.3 Å². The lowest BCUT2D eigenvalue weighted by molar-refractivity contribution is 0.973. The van der Waals surface area contributed by atoms with Gasteiger partial charge in [0.05, 0.1) is 0 Å². The minimum absolute atomic E-state index is 0.487. The van der Waals surface area contributed by atoms with Crippen LogP contribution in [0.4, 0.5) is 10.8 Å². The minimum Gasteiger partial charge on any atom is -0.388 e. The Kier molecular flexibility index (Phi) is 2.19. The first-order chi connectivity index (χ1) is 8.28. The predicted octanol–water partition coefficient (Wildman–Crippen LogP) is 1.48. The average molecular weight is 246 g/mol. The molecule has 6 nitrogen and oxygen atoms in total. The van der Waals surface area contributed by atoms with Gasteiger partial charge < -0.3 is 11.1 Å². The van der Waals surface area contributed by atoms with Crippen molar-refractivity contribution in [3.63, 3.8) is 0 Å². The molecule has 7 heteroatoms. The summed E-state index contributed by atoms with van der Waals surface area (Å²) in [4.78, 5) is 0.701. The van der Waals surface area contributed by atoms with Crippen LogP contribution in [-0.4, -0.2) is 26.9 Å². The highest BCUT2D eigenvalue weighted by molar-refractivity contribution is 7.20. The summed E-state index contributed by atoms with van der Waals surface area (Å²) >= 11 is 1.32. The van der Waals surface area contributed by atoms with Gasteiger partial charge in [-0.2, -0.15) is 4.52 Å². The van der Waals surface area contributed by atoms with E-state index in [2.05, 4.69) is 20.6 Å². The van der Waals surface area contributed by atoms with E-state index >= 15 is 0 Å². The fourth-order valence-electron chi connectivity index (χ4n) is 1.63. The van der Waals surface area contributed by atoms with Gasteiger partial charge in [0.25, 0.3) is 0 Å². The molecule has 2 aromatic heterocycles. The van der Waals surface area contributed by atoms with Crippen molar-refractivity contribution < 1.29 is 0 Å². The van der Waals surface area contributed by atoms with Crippen molar-refractivity contribution in [2.45, 2.75) is 0 Å². The molecule has 0 amide bonds. The van der Waals surface area contributed by atoms with E-state index < -0.39 is 0 Å². The highest BCUT2D eigenvalue weighted by Gasteiger charge is 2.12. The number of hydrogen-bond acceptors (Lipinski definition) is 6. The zero-order valence-corrected chi connectivity index (χ0v) is 9.90. The van der Waals surface area contributed by atoms with Crippen LogP contribution in [0.3, 0.4) is 0 Å². The number of benzene rings is 1. The van der Waals surface area contributed by atoms with Gasteiger partial charge in [-0.05, 0) is 12.1 Å². The van der Waals surface area contributed by atoms with E-state index in [-0.39, 0.29) is 0 Å². The third-order valence-corrected chi connectivity index (χ3v) is 3.14. The molecule has 17 heavy (non-hydrogen) atoms. The quantitative estimate of drug-likeness (QED) is 0.715. The van der Waals surface area contributed by atoms with Crippen LogP contribution in [0.15, 0.2) is 24.3 Å². The number of nitrogens with one attached hydrogen (secondary N) is 1. The highest BCUT2D eigenvalue weighted by atomic mass is 32.1. The van der Waals surface area contributed by atoms with Crippen LogP contribution in [0.25, 0.3) is 16.3 Å². The largest absolute Gasteiger partial charge is 0.388 e. The van der Waals surface area contributed by atoms with Crippen molar-refractivity contribution >= 4 is 27.1 Å². The molecule has 0 unspecified atom stereocenters. The van der Waals surface area contributed by atoms with Gasteiger partial charge in [-0.15, -0.1) is 15.3 Å². The maximum absolute atomic E-state index is 5.64. The summed E-state index contributed by atoms with van der Waals surface area (Å²) in [5.74, 6) is 0.699. The molecule has 0 bridgehead atoms. The second-order valence-electron chi connectivity index (χ2n) is 3.49. The average Bonchev–Trinajstić information content (AvgIpc) is 2.87. The summed E-state index contributed by atoms with van der Waals surface area (Å²) in [6.07, 6.45) is 0. The Bertz CT molecular complexity index is 670. The monoisotopic (exact) mass is 246 g/mol. The van der Waals surface area contributed by atoms with Crippen molar-refractivity contribution in [1.29, 1.82) is 0 Å². The van der Waals surface area contributed by atoms with Gasteiger partial charge in [-0.3, -0.25) is 0 Å². The lowest BCUT2D eigenvalue weighted by Crippen LogP contribution is -1.93. The molecule has 86 valence electrons. The SMILES string of the molecule is CNc1cccc(-c2nnc3sc(N)nn23)c1. The van der Waals surface area contributed by atoms with Gasteiger partial charge in [-0.1, -0.05) is 23.5 Å². The summed E-state index contributed by atoms with van der Waals surface area (Å²) < 4.78 is 1.66. The first kappa shape index (κ1) is 10.0. The first-order valence-electron chi connectivity index (χ1n) is 5.04. The number of aromatic nitrogens is 4. The Hall–Kier alpha value is -2.15. The van der Waals surface area contributed by atoms with E-state index in [1.165, 1.54) is 11.3 Å². The number of nitrogens with zero attached hydrogens (tertiary/aromatic N) is 4. The maximum atomic E-state index is 5.64. The van der Waals surface area contributed by atoms with E-state index in [1.54, 1.807) is 4.52 Å². The van der Waals surface area contributed by atoms with Crippen LogP contribution in [0.5, 0.6) is 0 Å². The summed E-state index contributed by atoms with van der Waals surface area (Å²) in [5.41, 5.74) is 7.61.